The molecule has 0 saturated heterocycles. The maximum absolute atomic E-state index is 14.0. The number of ether oxygens (including phenoxy) is 2. The number of urea groups is 1. The second-order valence-electron chi connectivity index (χ2n) is 9.59. The fourth-order valence-corrected chi connectivity index (χ4v) is 4.40. The van der Waals surface area contributed by atoms with Gasteiger partial charge in [-0.15, -0.1) is 0 Å². The first-order valence-electron chi connectivity index (χ1n) is 12.1. The van der Waals surface area contributed by atoms with E-state index in [1.165, 1.54) is 12.8 Å². The van der Waals surface area contributed by atoms with Crippen LogP contribution in [-0.2, 0) is 13.6 Å². The van der Waals surface area contributed by atoms with Crippen LogP contribution in [0, 0.1) is 5.92 Å². The zero-order valence-electron chi connectivity index (χ0n) is 20.4. The molecule has 1 fully saturated rings. The molecule has 1 aliphatic heterocycles. The summed E-state index contributed by atoms with van der Waals surface area (Å²) in [6.45, 7) is 0.992. The molecule has 2 aromatic heterocycles. The number of amides is 2. The molecule has 0 spiro atoms. The molecule has 1 saturated carbocycles. The van der Waals surface area contributed by atoms with Crippen molar-refractivity contribution >= 4 is 57.7 Å². The molecule has 178 valence electrons. The molecular formula is C26H22B3N5O3. The standard InChI is InChI=1S/C26H22B3N5O3/c1-32-13-18-12-20(7-10-22(18)31-32)33-14-17-4-11-23(36-15-16-2-3-16)30-24(17)34(25(33)35)19-5-8-21(9-6-19)37-26(27,28)29/h4-13,16H,2-3,14-15H2,1H3. The summed E-state index contributed by atoms with van der Waals surface area (Å²) in [5.41, 5.74) is 3.09. The van der Waals surface area contributed by atoms with E-state index in [-0.39, 0.29) is 6.03 Å². The van der Waals surface area contributed by atoms with E-state index in [9.17, 15) is 4.79 Å². The molecule has 2 amide bonds. The van der Waals surface area contributed by atoms with Gasteiger partial charge in [-0.05, 0) is 72.6 Å². The average Bonchev–Trinajstić information content (AvgIpc) is 3.61. The molecule has 11 heteroatoms. The number of anilines is 3. The summed E-state index contributed by atoms with van der Waals surface area (Å²) < 4.78 is 13.0. The van der Waals surface area contributed by atoms with Crippen molar-refractivity contribution in [3.8, 4) is 11.6 Å². The number of aryl methyl sites for hydroxylation is 1. The SMILES string of the molecule is [B]C([B])([B])Oc1ccc(N2C(=O)N(c3ccc4nn(C)cc4c3)Cc3ccc(OCC4CC4)nc32)cc1. The van der Waals surface area contributed by atoms with E-state index in [1.807, 2.05) is 43.6 Å². The maximum atomic E-state index is 14.0. The van der Waals surface area contributed by atoms with Crippen molar-refractivity contribution < 1.29 is 14.3 Å². The fourth-order valence-electron chi connectivity index (χ4n) is 4.40. The van der Waals surface area contributed by atoms with Gasteiger partial charge in [0.2, 0.25) is 5.88 Å². The predicted octanol–water partition coefficient (Wildman–Crippen LogP) is 3.53. The third-order valence-electron chi connectivity index (χ3n) is 6.36. The van der Waals surface area contributed by atoms with Crippen molar-refractivity contribution in [1.29, 1.82) is 0 Å². The van der Waals surface area contributed by atoms with E-state index in [0.29, 0.717) is 42.2 Å². The lowest BCUT2D eigenvalue weighted by molar-refractivity contribution is 0.252. The fraction of sp³-hybridized carbons (Fsp3) is 0.269. The van der Waals surface area contributed by atoms with E-state index in [2.05, 4.69) is 5.10 Å². The molecular weight excluding hydrogens is 463 g/mol. The third-order valence-corrected chi connectivity index (χ3v) is 6.36. The number of rotatable bonds is 7. The van der Waals surface area contributed by atoms with Crippen LogP contribution >= 0.6 is 0 Å². The van der Waals surface area contributed by atoms with Crippen LogP contribution in [0.5, 0.6) is 11.6 Å². The first-order chi connectivity index (χ1) is 17.7. The van der Waals surface area contributed by atoms with E-state index >= 15 is 0 Å². The molecule has 0 N–H and O–H groups in total. The normalized spacial score (nSPS) is 15.6. The van der Waals surface area contributed by atoms with E-state index in [0.717, 1.165) is 22.2 Å². The van der Waals surface area contributed by atoms with Gasteiger partial charge >= 0.3 is 6.03 Å². The first-order valence-corrected chi connectivity index (χ1v) is 12.1. The molecule has 0 bridgehead atoms. The van der Waals surface area contributed by atoms with Gasteiger partial charge in [-0.25, -0.2) is 9.69 Å². The van der Waals surface area contributed by atoms with Crippen molar-refractivity contribution in [3.63, 3.8) is 0 Å². The molecule has 6 rings (SSSR count). The van der Waals surface area contributed by atoms with E-state index in [1.54, 1.807) is 38.7 Å². The Morgan fingerprint density at radius 2 is 1.78 bits per heavy atom. The molecule has 3 heterocycles. The van der Waals surface area contributed by atoms with Crippen LogP contribution in [0.4, 0.5) is 22.0 Å². The summed E-state index contributed by atoms with van der Waals surface area (Å²) >= 11 is 0. The van der Waals surface area contributed by atoms with Crippen LogP contribution in [0.2, 0.25) is 0 Å². The average molecular weight is 485 g/mol. The number of aromatic nitrogens is 3. The number of fused-ring (bicyclic) bond motifs is 2. The number of benzene rings is 2. The Balaban J connectivity index is 1.39. The minimum absolute atomic E-state index is 0.248. The number of carbonyl (C=O) groups excluding carboxylic acids is 1. The molecule has 37 heavy (non-hydrogen) atoms. The number of carbonyl (C=O) groups is 1. The van der Waals surface area contributed by atoms with Crippen LogP contribution < -0.4 is 19.3 Å². The number of nitrogens with zero attached hydrogens (tertiary/aromatic N) is 5. The third kappa shape index (κ3) is 4.90. The molecule has 2 aromatic carbocycles. The summed E-state index contributed by atoms with van der Waals surface area (Å²) in [4.78, 5) is 22.0. The minimum atomic E-state index is -1.81. The highest BCUT2D eigenvalue weighted by atomic mass is 16.5. The highest BCUT2D eigenvalue weighted by Gasteiger charge is 2.34. The molecule has 0 atom stereocenters. The van der Waals surface area contributed by atoms with Crippen molar-refractivity contribution in [1.82, 2.24) is 14.8 Å². The quantitative estimate of drug-likeness (QED) is 0.375. The van der Waals surface area contributed by atoms with Gasteiger partial charge in [0.1, 0.15) is 35.1 Å². The molecule has 4 aromatic rings. The van der Waals surface area contributed by atoms with Crippen LogP contribution in [0.15, 0.2) is 60.8 Å². The summed E-state index contributed by atoms with van der Waals surface area (Å²) in [6.07, 6.45) is 4.28. The van der Waals surface area contributed by atoms with Gasteiger partial charge in [-0.1, -0.05) is 0 Å². The van der Waals surface area contributed by atoms with Crippen molar-refractivity contribution in [2.45, 2.75) is 24.7 Å². The highest BCUT2D eigenvalue weighted by Crippen LogP contribution is 2.38. The lowest BCUT2D eigenvalue weighted by Crippen LogP contribution is -2.45. The number of hydrogen-bond acceptors (Lipinski definition) is 5. The van der Waals surface area contributed by atoms with Gasteiger partial charge in [0.25, 0.3) is 0 Å². The minimum Gasteiger partial charge on any atom is -0.516 e. The van der Waals surface area contributed by atoms with Crippen LogP contribution in [0.1, 0.15) is 18.4 Å². The lowest BCUT2D eigenvalue weighted by Gasteiger charge is -2.36. The Hall–Kier alpha value is -3.88. The second-order valence-corrected chi connectivity index (χ2v) is 9.59. The Labute approximate surface area is 218 Å². The smallest absolute Gasteiger partial charge is 0.335 e. The lowest BCUT2D eigenvalue weighted by atomic mass is 9.52. The van der Waals surface area contributed by atoms with E-state index in [4.69, 9.17) is 38.0 Å². The number of pyridine rings is 1. The van der Waals surface area contributed by atoms with Crippen LogP contribution in [0.25, 0.3) is 10.9 Å². The van der Waals surface area contributed by atoms with Crippen LogP contribution in [0.3, 0.4) is 0 Å². The summed E-state index contributed by atoms with van der Waals surface area (Å²) in [5.74, 6) is 1.97. The van der Waals surface area contributed by atoms with Gasteiger partial charge in [0.15, 0.2) is 0 Å². The topological polar surface area (TPSA) is 72.7 Å². The summed E-state index contributed by atoms with van der Waals surface area (Å²) in [5, 5.41) is 3.57. The van der Waals surface area contributed by atoms with Crippen molar-refractivity contribution in [2.24, 2.45) is 13.0 Å². The Kier molecular flexibility index (Phi) is 5.66. The largest absolute Gasteiger partial charge is 0.516 e. The van der Waals surface area contributed by atoms with Crippen molar-refractivity contribution in [2.75, 3.05) is 16.4 Å². The summed E-state index contributed by atoms with van der Waals surface area (Å²) in [6, 6.07) is 16.1. The van der Waals surface area contributed by atoms with Crippen molar-refractivity contribution in [3.05, 3.63) is 66.4 Å². The molecule has 8 nitrogen and oxygen atoms in total. The molecule has 6 radical (unpaired) electrons. The summed E-state index contributed by atoms with van der Waals surface area (Å²) in [7, 11) is 18.6. The zero-order chi connectivity index (χ0) is 25.7. The Morgan fingerprint density at radius 3 is 2.51 bits per heavy atom. The monoisotopic (exact) mass is 485 g/mol. The predicted molar refractivity (Wildman–Crippen MR) is 144 cm³/mol. The molecule has 0 unspecified atom stereocenters. The van der Waals surface area contributed by atoms with E-state index < -0.39 is 5.30 Å². The van der Waals surface area contributed by atoms with Gasteiger partial charge in [0.05, 0.1) is 24.4 Å². The van der Waals surface area contributed by atoms with Gasteiger partial charge in [-0.3, -0.25) is 9.58 Å². The van der Waals surface area contributed by atoms with Crippen LogP contribution in [-0.4, -0.2) is 56.2 Å². The Morgan fingerprint density at radius 1 is 1.03 bits per heavy atom. The van der Waals surface area contributed by atoms with Gasteiger partial charge < -0.3 is 9.47 Å². The van der Waals surface area contributed by atoms with Gasteiger partial charge in [0, 0.05) is 35.9 Å². The zero-order valence-corrected chi connectivity index (χ0v) is 20.4. The highest BCUT2D eigenvalue weighted by molar-refractivity contribution is 6.58. The Bertz CT molecular complexity index is 1480. The van der Waals surface area contributed by atoms with Gasteiger partial charge in [-0.2, -0.15) is 10.1 Å². The number of hydrogen-bond donors (Lipinski definition) is 0. The maximum Gasteiger partial charge on any atom is 0.335 e. The first kappa shape index (κ1) is 23.5. The second kappa shape index (κ2) is 8.90. The molecule has 1 aliphatic carbocycles. The molecule has 2 aliphatic rings.